The van der Waals surface area contributed by atoms with E-state index in [-0.39, 0.29) is 24.2 Å². The highest BCUT2D eigenvalue weighted by Gasteiger charge is 2.37. The molecule has 0 spiro atoms. The van der Waals surface area contributed by atoms with E-state index in [9.17, 15) is 9.59 Å². The fourth-order valence-electron chi connectivity index (χ4n) is 3.81. The lowest BCUT2D eigenvalue weighted by molar-refractivity contribution is -0.121. The number of benzene rings is 1. The van der Waals surface area contributed by atoms with Crippen molar-refractivity contribution in [3.05, 3.63) is 29.3 Å². The minimum Gasteiger partial charge on any atom is -0.339 e. The van der Waals surface area contributed by atoms with Gasteiger partial charge in [0.05, 0.1) is 5.54 Å². The Hall–Kier alpha value is -1.59. The van der Waals surface area contributed by atoms with E-state index in [0.29, 0.717) is 11.5 Å². The van der Waals surface area contributed by atoms with Gasteiger partial charge in [-0.25, -0.2) is 0 Å². The predicted octanol–water partition coefficient (Wildman–Crippen LogP) is 3.50. The van der Waals surface area contributed by atoms with Crippen LogP contribution >= 0.6 is 12.4 Å². The van der Waals surface area contributed by atoms with E-state index < -0.39 is 5.54 Å². The van der Waals surface area contributed by atoms with Crippen LogP contribution in [0.5, 0.6) is 0 Å². The van der Waals surface area contributed by atoms with E-state index in [1.165, 1.54) is 0 Å². The number of nitrogens with one attached hydrogen (secondary N) is 1. The molecule has 1 aromatic carbocycles. The van der Waals surface area contributed by atoms with E-state index >= 15 is 0 Å². The van der Waals surface area contributed by atoms with Gasteiger partial charge in [0.25, 0.3) is 5.91 Å². The second kappa shape index (κ2) is 8.40. The molecule has 0 atom stereocenters. The lowest BCUT2D eigenvalue weighted by Gasteiger charge is -2.30. The van der Waals surface area contributed by atoms with Gasteiger partial charge in [-0.2, -0.15) is 0 Å². The van der Waals surface area contributed by atoms with Crippen LogP contribution in [0, 0.1) is 12.8 Å². The molecule has 0 unspecified atom stereocenters. The standard InChI is InChI=1S/C20H29N3O2.ClH/c1-14-7-11-23(12-8-14)18(24)16-5-6-17(15(2)13-16)22-19(25)20(21)9-3-4-10-20;/h5-6,13-14H,3-4,7-12,21H2,1-2H3,(H,22,25);1H. The fourth-order valence-corrected chi connectivity index (χ4v) is 3.81. The second-order valence-electron chi connectivity index (χ2n) is 7.82. The third kappa shape index (κ3) is 4.38. The maximum Gasteiger partial charge on any atom is 0.253 e. The third-order valence-electron chi connectivity index (χ3n) is 5.74. The van der Waals surface area contributed by atoms with E-state index in [1.54, 1.807) is 6.07 Å². The Balaban J connectivity index is 0.00000243. The van der Waals surface area contributed by atoms with Crippen LogP contribution in [0.2, 0.25) is 0 Å². The summed E-state index contributed by atoms with van der Waals surface area (Å²) in [5, 5.41) is 2.96. The lowest BCUT2D eigenvalue weighted by Crippen LogP contribution is -2.48. The largest absolute Gasteiger partial charge is 0.339 e. The van der Waals surface area contributed by atoms with Gasteiger partial charge < -0.3 is 16.0 Å². The molecule has 2 aliphatic rings. The first kappa shape index (κ1) is 20.7. The lowest BCUT2D eigenvalue weighted by atomic mass is 9.97. The minimum atomic E-state index is -0.745. The quantitative estimate of drug-likeness (QED) is 0.843. The molecular weight excluding hydrogens is 350 g/mol. The molecule has 2 amide bonds. The summed E-state index contributed by atoms with van der Waals surface area (Å²) in [5.74, 6) is 0.665. The summed E-state index contributed by atoms with van der Waals surface area (Å²) >= 11 is 0. The van der Waals surface area contributed by atoms with Gasteiger partial charge in [-0.15, -0.1) is 12.4 Å². The molecule has 144 valence electrons. The number of nitrogens with zero attached hydrogens (tertiary/aromatic N) is 1. The van der Waals surface area contributed by atoms with Crippen LogP contribution in [0.3, 0.4) is 0 Å². The maximum absolute atomic E-state index is 12.7. The van der Waals surface area contributed by atoms with Crippen molar-refractivity contribution < 1.29 is 9.59 Å². The zero-order valence-electron chi connectivity index (χ0n) is 15.7. The van der Waals surface area contributed by atoms with Crippen molar-refractivity contribution in [2.75, 3.05) is 18.4 Å². The van der Waals surface area contributed by atoms with Crippen LogP contribution in [-0.2, 0) is 4.79 Å². The van der Waals surface area contributed by atoms with Gasteiger partial charge in [-0.1, -0.05) is 19.8 Å². The monoisotopic (exact) mass is 379 g/mol. The summed E-state index contributed by atoms with van der Waals surface area (Å²) in [6, 6.07) is 5.50. The van der Waals surface area contributed by atoms with E-state index in [4.69, 9.17) is 5.73 Å². The second-order valence-corrected chi connectivity index (χ2v) is 7.82. The Kier molecular flexibility index (Phi) is 6.69. The zero-order chi connectivity index (χ0) is 18.0. The first-order valence-electron chi connectivity index (χ1n) is 9.39. The third-order valence-corrected chi connectivity index (χ3v) is 5.74. The number of piperidine rings is 1. The molecule has 3 N–H and O–H groups in total. The summed E-state index contributed by atoms with van der Waals surface area (Å²) in [6.45, 7) is 5.81. The van der Waals surface area contributed by atoms with E-state index in [0.717, 1.165) is 62.9 Å². The van der Waals surface area contributed by atoms with Crippen molar-refractivity contribution in [3.63, 3.8) is 0 Å². The summed E-state index contributed by atoms with van der Waals surface area (Å²) in [5.41, 5.74) is 7.79. The normalized spacial score (nSPS) is 19.7. The predicted molar refractivity (Wildman–Crippen MR) is 107 cm³/mol. The molecule has 1 heterocycles. The molecule has 1 saturated carbocycles. The molecule has 0 bridgehead atoms. The Morgan fingerprint density at radius 2 is 1.81 bits per heavy atom. The number of likely N-dealkylation sites (tertiary alicyclic amines) is 1. The molecule has 2 fully saturated rings. The molecule has 1 aliphatic heterocycles. The van der Waals surface area contributed by atoms with Crippen LogP contribution in [0.4, 0.5) is 5.69 Å². The molecule has 5 nitrogen and oxygen atoms in total. The topological polar surface area (TPSA) is 75.4 Å². The van der Waals surface area contributed by atoms with Gasteiger partial charge in [0, 0.05) is 24.3 Å². The number of nitrogens with two attached hydrogens (primary N) is 1. The Bertz CT molecular complexity index is 663. The van der Waals surface area contributed by atoms with Crippen molar-refractivity contribution in [1.82, 2.24) is 4.90 Å². The number of rotatable bonds is 3. The molecule has 1 aromatic rings. The number of hydrogen-bond acceptors (Lipinski definition) is 3. The SMILES string of the molecule is Cc1cc(C(=O)N2CCC(C)CC2)ccc1NC(=O)C1(N)CCCC1.Cl. The van der Waals surface area contributed by atoms with Crippen molar-refractivity contribution in [3.8, 4) is 0 Å². The molecule has 1 aliphatic carbocycles. The van der Waals surface area contributed by atoms with Crippen molar-refractivity contribution in [2.45, 2.75) is 57.9 Å². The number of anilines is 1. The summed E-state index contributed by atoms with van der Waals surface area (Å²) in [4.78, 5) is 27.1. The van der Waals surface area contributed by atoms with Crippen molar-refractivity contribution in [2.24, 2.45) is 11.7 Å². The van der Waals surface area contributed by atoms with Crippen molar-refractivity contribution >= 4 is 29.9 Å². The summed E-state index contributed by atoms with van der Waals surface area (Å²) < 4.78 is 0. The first-order chi connectivity index (χ1) is 11.9. The number of hydrogen-bond donors (Lipinski definition) is 2. The fraction of sp³-hybridized carbons (Fsp3) is 0.600. The molecule has 6 heteroatoms. The maximum atomic E-state index is 12.7. The minimum absolute atomic E-state index is 0. The van der Waals surface area contributed by atoms with E-state index in [1.807, 2.05) is 24.0 Å². The van der Waals surface area contributed by atoms with Crippen LogP contribution in [0.25, 0.3) is 0 Å². The first-order valence-corrected chi connectivity index (χ1v) is 9.39. The molecule has 0 radical (unpaired) electrons. The molecule has 26 heavy (non-hydrogen) atoms. The van der Waals surface area contributed by atoms with Crippen LogP contribution in [0.1, 0.15) is 61.4 Å². The van der Waals surface area contributed by atoms with Crippen LogP contribution in [0.15, 0.2) is 18.2 Å². The molecule has 3 rings (SSSR count). The number of carbonyl (C=O) groups is 2. The van der Waals surface area contributed by atoms with Gasteiger partial charge in [-0.05, 0) is 62.3 Å². The van der Waals surface area contributed by atoms with Gasteiger partial charge in [0.15, 0.2) is 0 Å². The Labute approximate surface area is 162 Å². The molecule has 1 saturated heterocycles. The highest BCUT2D eigenvalue weighted by Crippen LogP contribution is 2.29. The van der Waals surface area contributed by atoms with Gasteiger partial charge in [0.2, 0.25) is 5.91 Å². The average Bonchev–Trinajstić information content (AvgIpc) is 3.05. The van der Waals surface area contributed by atoms with E-state index in [2.05, 4.69) is 12.2 Å². The van der Waals surface area contributed by atoms with Gasteiger partial charge >= 0.3 is 0 Å². The molecular formula is C20H30ClN3O2. The number of carbonyl (C=O) groups excluding carboxylic acids is 2. The molecule has 0 aromatic heterocycles. The zero-order valence-corrected chi connectivity index (χ0v) is 16.5. The Morgan fingerprint density at radius 3 is 2.38 bits per heavy atom. The number of amides is 2. The van der Waals surface area contributed by atoms with Gasteiger partial charge in [-0.3, -0.25) is 9.59 Å². The number of halogens is 1. The highest BCUT2D eigenvalue weighted by atomic mass is 35.5. The Morgan fingerprint density at radius 1 is 1.19 bits per heavy atom. The van der Waals surface area contributed by atoms with Crippen LogP contribution in [-0.4, -0.2) is 35.3 Å². The van der Waals surface area contributed by atoms with Crippen molar-refractivity contribution in [1.29, 1.82) is 0 Å². The summed E-state index contributed by atoms with van der Waals surface area (Å²) in [6.07, 6.45) is 5.62. The average molecular weight is 380 g/mol. The number of aryl methyl sites for hydroxylation is 1. The highest BCUT2D eigenvalue weighted by molar-refractivity contribution is 6.00. The van der Waals surface area contributed by atoms with Crippen LogP contribution < -0.4 is 11.1 Å². The summed E-state index contributed by atoms with van der Waals surface area (Å²) in [7, 11) is 0. The van der Waals surface area contributed by atoms with Gasteiger partial charge in [0.1, 0.15) is 0 Å². The smallest absolute Gasteiger partial charge is 0.253 e.